The number of aliphatic hydroxyl groups excluding tert-OH is 1. The predicted molar refractivity (Wildman–Crippen MR) is 91.0 cm³/mol. The molecule has 0 unspecified atom stereocenters. The number of nitrogens with zero attached hydrogens (tertiary/aromatic N) is 3. The molecule has 0 spiro atoms. The number of aliphatic hydroxyl groups is 1. The van der Waals surface area contributed by atoms with E-state index in [4.69, 9.17) is 4.74 Å². The van der Waals surface area contributed by atoms with Gasteiger partial charge in [0.15, 0.2) is 5.16 Å². The third kappa shape index (κ3) is 4.26. The number of aryl methyl sites for hydroxylation is 1. The molecule has 6 heteroatoms. The van der Waals surface area contributed by atoms with Gasteiger partial charge in [0.05, 0.1) is 6.10 Å². The first kappa shape index (κ1) is 16.3. The molecule has 1 fully saturated rings. The van der Waals surface area contributed by atoms with E-state index < -0.39 is 6.10 Å². The van der Waals surface area contributed by atoms with Crippen molar-refractivity contribution in [2.75, 3.05) is 12.4 Å². The molecular weight excluding hydrogens is 310 g/mol. The summed E-state index contributed by atoms with van der Waals surface area (Å²) < 4.78 is 7.72. The van der Waals surface area contributed by atoms with Crippen LogP contribution in [0, 0.1) is 0 Å². The van der Waals surface area contributed by atoms with Crippen molar-refractivity contribution in [3.63, 3.8) is 0 Å². The number of hydrogen-bond donors (Lipinski definition) is 1. The molecule has 0 amide bonds. The molecule has 2 aromatic rings. The van der Waals surface area contributed by atoms with E-state index in [9.17, 15) is 5.11 Å². The van der Waals surface area contributed by atoms with Crippen molar-refractivity contribution in [2.24, 2.45) is 7.05 Å². The van der Waals surface area contributed by atoms with Crippen LogP contribution in [0.5, 0.6) is 5.75 Å². The third-order valence-electron chi connectivity index (χ3n) is 3.96. The second-order valence-corrected chi connectivity index (χ2v) is 6.94. The Balaban J connectivity index is 1.46. The molecule has 3 rings (SSSR count). The first-order valence-corrected chi connectivity index (χ1v) is 9.07. The lowest BCUT2D eigenvalue weighted by Gasteiger charge is -2.12. The van der Waals surface area contributed by atoms with E-state index in [0.29, 0.717) is 11.7 Å². The van der Waals surface area contributed by atoms with E-state index in [1.54, 1.807) is 0 Å². The van der Waals surface area contributed by atoms with Crippen molar-refractivity contribution >= 4 is 11.8 Å². The molecule has 0 aliphatic heterocycles. The molecule has 0 radical (unpaired) electrons. The Morgan fingerprint density at radius 2 is 2.22 bits per heavy atom. The van der Waals surface area contributed by atoms with Crippen molar-refractivity contribution in [2.45, 2.75) is 43.4 Å². The van der Waals surface area contributed by atoms with Gasteiger partial charge in [-0.3, -0.25) is 0 Å². The van der Waals surface area contributed by atoms with Crippen LogP contribution < -0.4 is 4.74 Å². The van der Waals surface area contributed by atoms with E-state index in [1.165, 1.54) is 30.2 Å². The summed E-state index contributed by atoms with van der Waals surface area (Å²) in [6, 6.07) is 7.99. The molecule has 124 valence electrons. The highest BCUT2D eigenvalue weighted by molar-refractivity contribution is 7.99. The first-order chi connectivity index (χ1) is 11.2. The van der Waals surface area contributed by atoms with Gasteiger partial charge in [-0.15, -0.1) is 10.2 Å². The maximum Gasteiger partial charge on any atom is 0.191 e. The van der Waals surface area contributed by atoms with Gasteiger partial charge in [-0.05, 0) is 37.0 Å². The average Bonchev–Trinajstić information content (AvgIpc) is 3.35. The zero-order valence-electron chi connectivity index (χ0n) is 13.6. The number of hydrogen-bond acceptors (Lipinski definition) is 5. The molecule has 1 aliphatic carbocycles. The second-order valence-electron chi connectivity index (χ2n) is 5.95. The molecule has 0 saturated heterocycles. The minimum absolute atomic E-state index is 0.285. The highest BCUT2D eigenvalue weighted by atomic mass is 32.2. The van der Waals surface area contributed by atoms with E-state index in [-0.39, 0.29) is 6.61 Å². The quantitative estimate of drug-likeness (QED) is 0.753. The molecule has 1 aromatic carbocycles. The van der Waals surface area contributed by atoms with Crippen molar-refractivity contribution in [3.8, 4) is 5.75 Å². The van der Waals surface area contributed by atoms with Gasteiger partial charge in [0.2, 0.25) is 0 Å². The number of ether oxygens (including phenoxy) is 1. The minimum Gasteiger partial charge on any atom is -0.491 e. The summed E-state index contributed by atoms with van der Waals surface area (Å²) in [5, 5.41) is 19.4. The van der Waals surface area contributed by atoms with Crippen LogP contribution in [0.15, 0.2) is 29.4 Å². The minimum atomic E-state index is -0.536. The molecule has 1 atom stereocenters. The molecule has 1 heterocycles. The molecule has 1 N–H and O–H groups in total. The van der Waals surface area contributed by atoms with Crippen LogP contribution in [0.3, 0.4) is 0 Å². The number of benzene rings is 1. The SMILES string of the molecule is CCc1cccc(OC[C@@H](O)CSc2nnc(C3CC3)n2C)c1. The summed E-state index contributed by atoms with van der Waals surface area (Å²) in [6.07, 6.45) is 2.87. The van der Waals surface area contributed by atoms with Crippen molar-refractivity contribution in [1.29, 1.82) is 0 Å². The smallest absolute Gasteiger partial charge is 0.191 e. The molecule has 1 aromatic heterocycles. The van der Waals surface area contributed by atoms with Gasteiger partial charge in [-0.25, -0.2) is 0 Å². The normalized spacial score (nSPS) is 15.6. The Bertz CT molecular complexity index is 655. The zero-order valence-corrected chi connectivity index (χ0v) is 14.4. The van der Waals surface area contributed by atoms with Crippen molar-refractivity contribution in [3.05, 3.63) is 35.7 Å². The first-order valence-electron chi connectivity index (χ1n) is 8.09. The van der Waals surface area contributed by atoms with Gasteiger partial charge < -0.3 is 14.4 Å². The van der Waals surface area contributed by atoms with Gasteiger partial charge in [-0.1, -0.05) is 30.8 Å². The Morgan fingerprint density at radius 1 is 1.39 bits per heavy atom. The van der Waals surface area contributed by atoms with Crippen LogP contribution >= 0.6 is 11.8 Å². The van der Waals surface area contributed by atoms with Crippen LogP contribution in [-0.4, -0.2) is 38.3 Å². The van der Waals surface area contributed by atoms with Crippen LogP contribution in [0.2, 0.25) is 0 Å². The predicted octanol–water partition coefficient (Wildman–Crippen LogP) is 2.79. The molecular formula is C17H23N3O2S. The van der Waals surface area contributed by atoms with Gasteiger partial charge >= 0.3 is 0 Å². The monoisotopic (exact) mass is 333 g/mol. The van der Waals surface area contributed by atoms with Gasteiger partial charge in [-0.2, -0.15) is 0 Å². The highest BCUT2D eigenvalue weighted by Crippen LogP contribution is 2.39. The molecule has 1 aliphatic rings. The maximum absolute atomic E-state index is 10.1. The summed E-state index contributed by atoms with van der Waals surface area (Å²) in [5.41, 5.74) is 1.23. The van der Waals surface area contributed by atoms with E-state index in [1.807, 2.05) is 29.8 Å². The number of thioether (sulfide) groups is 1. The molecule has 1 saturated carbocycles. The maximum atomic E-state index is 10.1. The standard InChI is InChI=1S/C17H23N3O2S/c1-3-12-5-4-6-15(9-12)22-10-14(21)11-23-17-19-18-16(20(17)2)13-7-8-13/h4-6,9,13-14,21H,3,7-8,10-11H2,1-2H3/t14-/m1/s1. The van der Waals surface area contributed by atoms with Gasteiger partial charge in [0.25, 0.3) is 0 Å². The highest BCUT2D eigenvalue weighted by Gasteiger charge is 2.29. The van der Waals surface area contributed by atoms with Crippen molar-refractivity contribution in [1.82, 2.24) is 14.8 Å². The molecule has 5 nitrogen and oxygen atoms in total. The summed E-state index contributed by atoms with van der Waals surface area (Å²) in [7, 11) is 2.00. The Morgan fingerprint density at radius 3 is 2.96 bits per heavy atom. The molecule has 23 heavy (non-hydrogen) atoms. The van der Waals surface area contributed by atoms with E-state index in [0.717, 1.165) is 23.2 Å². The summed E-state index contributed by atoms with van der Waals surface area (Å²) in [4.78, 5) is 0. The van der Waals surface area contributed by atoms with E-state index >= 15 is 0 Å². The zero-order chi connectivity index (χ0) is 16.2. The Hall–Kier alpha value is -1.53. The lowest BCUT2D eigenvalue weighted by atomic mass is 10.2. The van der Waals surface area contributed by atoms with Gasteiger partial charge in [0, 0.05) is 18.7 Å². The Kier molecular flexibility index (Phi) is 5.23. The summed E-state index contributed by atoms with van der Waals surface area (Å²) >= 11 is 1.52. The second kappa shape index (κ2) is 7.36. The summed E-state index contributed by atoms with van der Waals surface area (Å²) in [5.74, 6) is 3.00. The fourth-order valence-electron chi connectivity index (χ4n) is 2.42. The van der Waals surface area contributed by atoms with Crippen LogP contribution in [0.4, 0.5) is 0 Å². The van der Waals surface area contributed by atoms with Crippen LogP contribution in [-0.2, 0) is 13.5 Å². The Labute approximate surface area is 141 Å². The largest absolute Gasteiger partial charge is 0.491 e. The summed E-state index contributed by atoms with van der Waals surface area (Å²) in [6.45, 7) is 2.40. The van der Waals surface area contributed by atoms with Crippen LogP contribution in [0.25, 0.3) is 0 Å². The number of aromatic nitrogens is 3. The fourth-order valence-corrected chi connectivity index (χ4v) is 3.24. The topological polar surface area (TPSA) is 60.2 Å². The fraction of sp³-hybridized carbons (Fsp3) is 0.529. The lowest BCUT2D eigenvalue weighted by molar-refractivity contribution is 0.126. The third-order valence-corrected chi connectivity index (χ3v) is 5.13. The average molecular weight is 333 g/mol. The van der Waals surface area contributed by atoms with Crippen LogP contribution in [0.1, 0.15) is 37.1 Å². The lowest BCUT2D eigenvalue weighted by Crippen LogP contribution is -2.20. The molecule has 0 bridgehead atoms. The number of rotatable bonds is 8. The van der Waals surface area contributed by atoms with E-state index in [2.05, 4.69) is 23.2 Å². The van der Waals surface area contributed by atoms with Crippen molar-refractivity contribution < 1.29 is 9.84 Å². The van der Waals surface area contributed by atoms with Gasteiger partial charge in [0.1, 0.15) is 18.2 Å².